The molecule has 1 N–H and O–H groups in total. The first-order chi connectivity index (χ1) is 7.68. The molecule has 0 unspecified atom stereocenters. The highest BCUT2D eigenvalue weighted by Crippen LogP contribution is 2.20. The summed E-state index contributed by atoms with van der Waals surface area (Å²) in [7, 11) is 0. The summed E-state index contributed by atoms with van der Waals surface area (Å²) in [4.78, 5) is 11.9. The highest BCUT2D eigenvalue weighted by Gasteiger charge is 2.11. The van der Waals surface area contributed by atoms with Crippen molar-refractivity contribution in [1.82, 2.24) is 9.59 Å². The lowest BCUT2D eigenvalue weighted by Gasteiger charge is -2.06. The van der Waals surface area contributed by atoms with E-state index < -0.39 is 0 Å². The van der Waals surface area contributed by atoms with Crippen molar-refractivity contribution in [2.45, 2.75) is 6.92 Å². The zero-order chi connectivity index (χ0) is 11.5. The summed E-state index contributed by atoms with van der Waals surface area (Å²) in [5, 5.41) is 7.04. The van der Waals surface area contributed by atoms with Gasteiger partial charge in [0.15, 0.2) is 0 Å². The first-order valence-electron chi connectivity index (χ1n) is 4.52. The Morgan fingerprint density at radius 1 is 1.50 bits per heavy atom. The second kappa shape index (κ2) is 4.71. The maximum Gasteiger partial charge on any atom is 0.256 e. The van der Waals surface area contributed by atoms with E-state index in [4.69, 9.17) is 0 Å². The van der Waals surface area contributed by atoms with Crippen molar-refractivity contribution in [2.24, 2.45) is 0 Å². The van der Waals surface area contributed by atoms with Crippen molar-refractivity contribution in [2.75, 3.05) is 5.32 Å². The van der Waals surface area contributed by atoms with Crippen LogP contribution in [0.2, 0.25) is 0 Å². The molecule has 0 spiro atoms. The molecule has 0 aliphatic carbocycles. The lowest BCUT2D eigenvalue weighted by molar-refractivity contribution is 0.102. The van der Waals surface area contributed by atoms with Gasteiger partial charge in [-0.3, -0.25) is 4.79 Å². The third kappa shape index (κ3) is 2.28. The summed E-state index contributed by atoms with van der Waals surface area (Å²) in [6, 6.07) is 5.52. The molecule has 1 aromatic heterocycles. The molecule has 0 radical (unpaired) electrons. The van der Waals surface area contributed by atoms with E-state index >= 15 is 0 Å². The number of carbonyl (C=O) groups is 1. The van der Waals surface area contributed by atoms with Gasteiger partial charge in [-0.25, -0.2) is 0 Å². The van der Waals surface area contributed by atoms with Crippen molar-refractivity contribution in [3.63, 3.8) is 0 Å². The van der Waals surface area contributed by atoms with Gasteiger partial charge < -0.3 is 5.32 Å². The topological polar surface area (TPSA) is 54.9 Å². The minimum atomic E-state index is -0.148. The van der Waals surface area contributed by atoms with Gasteiger partial charge in [-0.1, -0.05) is 26.5 Å². The Balaban J connectivity index is 2.24. The number of amides is 1. The summed E-state index contributed by atoms with van der Waals surface area (Å²) in [6.07, 6.45) is 1.52. The summed E-state index contributed by atoms with van der Waals surface area (Å²) < 4.78 is 4.60. The van der Waals surface area contributed by atoms with Gasteiger partial charge in [0.2, 0.25) is 0 Å². The van der Waals surface area contributed by atoms with Crippen LogP contribution in [0.4, 0.5) is 5.00 Å². The van der Waals surface area contributed by atoms with E-state index in [0.717, 1.165) is 21.6 Å². The molecule has 0 atom stereocenters. The fraction of sp³-hybridized carbons (Fsp3) is 0.100. The Morgan fingerprint density at radius 2 is 2.31 bits per heavy atom. The molecule has 0 fully saturated rings. The van der Waals surface area contributed by atoms with Gasteiger partial charge in [-0.15, -0.1) is 5.10 Å². The molecule has 0 bridgehead atoms. The molecular formula is C10H8BrN3OS. The van der Waals surface area contributed by atoms with E-state index in [0.29, 0.717) is 10.6 Å². The maximum absolute atomic E-state index is 11.9. The summed E-state index contributed by atoms with van der Waals surface area (Å²) in [6.45, 7) is 1.89. The van der Waals surface area contributed by atoms with Crippen LogP contribution in [0.1, 0.15) is 15.9 Å². The van der Waals surface area contributed by atoms with Gasteiger partial charge >= 0.3 is 0 Å². The minimum Gasteiger partial charge on any atom is -0.311 e. The molecule has 1 heterocycles. The molecule has 0 aliphatic heterocycles. The second-order valence-corrected chi connectivity index (χ2v) is 4.79. The average molecular weight is 298 g/mol. The number of nitrogens with one attached hydrogen (secondary N) is 1. The van der Waals surface area contributed by atoms with E-state index in [9.17, 15) is 4.79 Å². The van der Waals surface area contributed by atoms with Crippen LogP contribution in [-0.2, 0) is 0 Å². The van der Waals surface area contributed by atoms with E-state index in [1.807, 2.05) is 19.1 Å². The number of rotatable bonds is 2. The SMILES string of the molecule is Cc1c(Br)cccc1C(=O)Nc1cnns1. The molecule has 2 aromatic rings. The quantitative estimate of drug-likeness (QED) is 0.927. The van der Waals surface area contributed by atoms with Gasteiger partial charge in [0, 0.05) is 21.6 Å². The summed E-state index contributed by atoms with van der Waals surface area (Å²) in [5.74, 6) is -0.148. The van der Waals surface area contributed by atoms with Gasteiger partial charge in [0.05, 0.1) is 6.20 Å². The number of hydrogen-bond acceptors (Lipinski definition) is 4. The van der Waals surface area contributed by atoms with Crippen LogP contribution in [0.15, 0.2) is 28.9 Å². The summed E-state index contributed by atoms with van der Waals surface area (Å²) >= 11 is 4.54. The van der Waals surface area contributed by atoms with Crippen LogP contribution >= 0.6 is 27.5 Å². The van der Waals surface area contributed by atoms with Crippen LogP contribution in [-0.4, -0.2) is 15.5 Å². The van der Waals surface area contributed by atoms with Gasteiger partial charge in [-0.05, 0) is 24.6 Å². The highest BCUT2D eigenvalue weighted by atomic mass is 79.9. The van der Waals surface area contributed by atoms with Crippen LogP contribution in [0.25, 0.3) is 0 Å². The molecule has 16 heavy (non-hydrogen) atoms. The van der Waals surface area contributed by atoms with Gasteiger partial charge in [-0.2, -0.15) is 0 Å². The predicted molar refractivity (Wildman–Crippen MR) is 66.7 cm³/mol. The van der Waals surface area contributed by atoms with Crippen LogP contribution in [0.5, 0.6) is 0 Å². The maximum atomic E-state index is 11.9. The molecular weight excluding hydrogens is 290 g/mol. The third-order valence-electron chi connectivity index (χ3n) is 2.11. The number of hydrogen-bond donors (Lipinski definition) is 1. The Morgan fingerprint density at radius 3 is 3.00 bits per heavy atom. The van der Waals surface area contributed by atoms with Crippen molar-refractivity contribution in [1.29, 1.82) is 0 Å². The van der Waals surface area contributed by atoms with Crippen molar-refractivity contribution in [3.05, 3.63) is 40.0 Å². The van der Waals surface area contributed by atoms with Gasteiger partial charge in [0.1, 0.15) is 5.00 Å². The first kappa shape index (κ1) is 11.2. The van der Waals surface area contributed by atoms with Crippen molar-refractivity contribution in [3.8, 4) is 0 Å². The van der Waals surface area contributed by atoms with E-state index in [-0.39, 0.29) is 5.91 Å². The summed E-state index contributed by atoms with van der Waals surface area (Å²) in [5.41, 5.74) is 1.56. The first-order valence-corrected chi connectivity index (χ1v) is 6.09. The molecule has 1 aromatic carbocycles. The molecule has 2 rings (SSSR count). The normalized spacial score (nSPS) is 10.1. The highest BCUT2D eigenvalue weighted by molar-refractivity contribution is 9.10. The smallest absolute Gasteiger partial charge is 0.256 e. The standard InChI is InChI=1S/C10H8BrN3OS/c1-6-7(3-2-4-8(6)11)10(15)13-9-5-12-14-16-9/h2-5H,1H3,(H,13,15). The van der Waals surface area contributed by atoms with Crippen molar-refractivity contribution < 1.29 is 4.79 Å². The fourth-order valence-electron chi connectivity index (χ4n) is 1.25. The van der Waals surface area contributed by atoms with E-state index in [1.165, 1.54) is 6.20 Å². The molecule has 4 nitrogen and oxygen atoms in total. The largest absolute Gasteiger partial charge is 0.311 e. The molecule has 82 valence electrons. The number of carbonyl (C=O) groups excluding carboxylic acids is 1. The molecule has 0 aliphatic rings. The zero-order valence-corrected chi connectivity index (χ0v) is 10.8. The number of anilines is 1. The number of nitrogens with zero attached hydrogens (tertiary/aromatic N) is 2. The lowest BCUT2D eigenvalue weighted by Crippen LogP contribution is -2.12. The number of aromatic nitrogens is 2. The lowest BCUT2D eigenvalue weighted by atomic mass is 10.1. The predicted octanol–water partition coefficient (Wildman–Crippen LogP) is 2.86. The van der Waals surface area contributed by atoms with Crippen molar-refractivity contribution >= 4 is 38.4 Å². The molecule has 6 heteroatoms. The third-order valence-corrected chi connectivity index (χ3v) is 3.55. The van der Waals surface area contributed by atoms with Gasteiger partial charge in [0.25, 0.3) is 5.91 Å². The molecule has 0 saturated carbocycles. The molecule has 1 amide bonds. The fourth-order valence-corrected chi connectivity index (χ4v) is 2.04. The monoisotopic (exact) mass is 297 g/mol. The zero-order valence-electron chi connectivity index (χ0n) is 8.40. The van der Waals surface area contributed by atoms with Crippen LogP contribution in [0.3, 0.4) is 0 Å². The molecule has 0 saturated heterocycles. The van der Waals surface area contributed by atoms with E-state index in [2.05, 4.69) is 30.8 Å². The second-order valence-electron chi connectivity index (χ2n) is 3.15. The Bertz CT molecular complexity index is 513. The number of halogens is 1. The minimum absolute atomic E-state index is 0.148. The Kier molecular flexibility index (Phi) is 3.31. The van der Waals surface area contributed by atoms with Crippen LogP contribution < -0.4 is 5.32 Å². The van der Waals surface area contributed by atoms with E-state index in [1.54, 1.807) is 6.07 Å². The van der Waals surface area contributed by atoms with Crippen LogP contribution in [0, 0.1) is 6.92 Å². The Labute approximate surface area is 105 Å². The average Bonchev–Trinajstić information content (AvgIpc) is 2.74. The number of benzene rings is 1. The Hall–Kier alpha value is -1.27.